The molecule has 0 spiro atoms. The molecule has 0 aliphatic carbocycles. The monoisotopic (exact) mass is 244 g/mol. The summed E-state index contributed by atoms with van der Waals surface area (Å²) in [7, 11) is 1.94. The van der Waals surface area contributed by atoms with Crippen molar-refractivity contribution in [2.75, 3.05) is 18.5 Å². The Hall–Kier alpha value is -2.35. The highest BCUT2D eigenvalue weighted by Gasteiger charge is 1.99. The maximum absolute atomic E-state index is 10.6. The predicted octanol–water partition coefficient (Wildman–Crippen LogP) is 1.51. The number of carbonyl (C=O) groups is 1. The van der Waals surface area contributed by atoms with Crippen LogP contribution in [0.25, 0.3) is 0 Å². The molecule has 5 heteroatoms. The molecule has 0 unspecified atom stereocenters. The Labute approximate surface area is 107 Å². The summed E-state index contributed by atoms with van der Waals surface area (Å²) in [5.41, 5.74) is 4.29. The zero-order valence-electron chi connectivity index (χ0n) is 10.6. The maximum atomic E-state index is 10.6. The van der Waals surface area contributed by atoms with Crippen LogP contribution in [-0.2, 0) is 4.79 Å². The van der Waals surface area contributed by atoms with Crippen LogP contribution in [0.2, 0.25) is 0 Å². The molecule has 1 rings (SSSR count). The Morgan fingerprint density at radius 3 is 2.72 bits per heavy atom. The van der Waals surface area contributed by atoms with Gasteiger partial charge in [-0.15, -0.1) is 0 Å². The summed E-state index contributed by atoms with van der Waals surface area (Å²) in [6.45, 7) is 2.11. The molecule has 0 saturated heterocycles. The van der Waals surface area contributed by atoms with Crippen LogP contribution in [0.5, 0.6) is 0 Å². The van der Waals surface area contributed by atoms with Crippen LogP contribution < -0.4 is 10.3 Å². The van der Waals surface area contributed by atoms with E-state index >= 15 is 0 Å². The summed E-state index contributed by atoms with van der Waals surface area (Å²) in [6, 6.07) is 9.83. The first-order chi connectivity index (χ1) is 8.63. The van der Waals surface area contributed by atoms with Crippen molar-refractivity contribution in [2.24, 2.45) is 5.10 Å². The Morgan fingerprint density at radius 1 is 1.50 bits per heavy atom. The molecule has 1 aromatic rings. The zero-order chi connectivity index (χ0) is 13.4. The first-order valence-corrected chi connectivity index (χ1v) is 5.61. The van der Waals surface area contributed by atoms with Gasteiger partial charge in [-0.05, 0) is 17.7 Å². The molecule has 0 heterocycles. The minimum Gasteiger partial charge on any atom is -0.374 e. The summed E-state index contributed by atoms with van der Waals surface area (Å²) in [6.07, 6.45) is 2.09. The van der Waals surface area contributed by atoms with E-state index in [0.717, 1.165) is 11.3 Å². The SMILES string of the molecule is CC(=O)N/N=C/c1ccc(N(C)CCC#N)cc1. The standard InChI is InChI=1S/C13H16N4O/c1-11(18)16-15-10-12-4-6-13(7-5-12)17(2)9-3-8-14/h4-7,10H,3,9H2,1-2H3,(H,16,18)/b15-10+. The Bertz CT molecular complexity index is 459. The van der Waals surface area contributed by atoms with E-state index in [1.807, 2.05) is 36.2 Å². The van der Waals surface area contributed by atoms with Gasteiger partial charge in [-0.25, -0.2) is 5.43 Å². The van der Waals surface area contributed by atoms with E-state index in [4.69, 9.17) is 5.26 Å². The quantitative estimate of drug-likeness (QED) is 0.630. The van der Waals surface area contributed by atoms with Gasteiger partial charge in [0.25, 0.3) is 0 Å². The number of hydrazone groups is 1. The van der Waals surface area contributed by atoms with Gasteiger partial charge in [0.1, 0.15) is 0 Å². The van der Waals surface area contributed by atoms with Gasteiger partial charge in [-0.2, -0.15) is 10.4 Å². The van der Waals surface area contributed by atoms with Crippen LogP contribution in [-0.4, -0.2) is 25.7 Å². The number of amides is 1. The molecule has 1 amide bonds. The fourth-order valence-corrected chi connectivity index (χ4v) is 1.36. The average Bonchev–Trinajstić information content (AvgIpc) is 2.36. The van der Waals surface area contributed by atoms with Crippen LogP contribution in [0.4, 0.5) is 5.69 Å². The zero-order valence-corrected chi connectivity index (χ0v) is 10.6. The van der Waals surface area contributed by atoms with Crippen LogP contribution >= 0.6 is 0 Å². The van der Waals surface area contributed by atoms with Gasteiger partial charge in [0.15, 0.2) is 0 Å². The van der Waals surface area contributed by atoms with Crippen molar-refractivity contribution in [3.63, 3.8) is 0 Å². The molecule has 0 saturated carbocycles. The van der Waals surface area contributed by atoms with E-state index in [2.05, 4.69) is 16.6 Å². The molecule has 5 nitrogen and oxygen atoms in total. The molecule has 0 aromatic heterocycles. The van der Waals surface area contributed by atoms with Gasteiger partial charge < -0.3 is 4.90 Å². The second kappa shape index (κ2) is 7.07. The minimum atomic E-state index is -0.195. The van der Waals surface area contributed by atoms with Gasteiger partial charge in [-0.1, -0.05) is 12.1 Å². The molecular formula is C13H16N4O. The summed E-state index contributed by atoms with van der Waals surface area (Å²) < 4.78 is 0. The van der Waals surface area contributed by atoms with Crippen molar-refractivity contribution < 1.29 is 4.79 Å². The summed E-state index contributed by atoms with van der Waals surface area (Å²) in [4.78, 5) is 12.6. The third-order valence-electron chi connectivity index (χ3n) is 2.33. The summed E-state index contributed by atoms with van der Waals surface area (Å²) in [5.74, 6) is -0.195. The van der Waals surface area contributed by atoms with Crippen LogP contribution in [0.1, 0.15) is 18.9 Å². The highest BCUT2D eigenvalue weighted by molar-refractivity contribution is 5.82. The molecule has 0 atom stereocenters. The molecule has 94 valence electrons. The maximum Gasteiger partial charge on any atom is 0.236 e. The fraction of sp³-hybridized carbons (Fsp3) is 0.308. The number of hydrogen-bond donors (Lipinski definition) is 1. The topological polar surface area (TPSA) is 68.5 Å². The van der Waals surface area contributed by atoms with Crippen molar-refractivity contribution in [3.8, 4) is 6.07 Å². The molecule has 0 aliphatic heterocycles. The van der Waals surface area contributed by atoms with Crippen molar-refractivity contribution in [1.29, 1.82) is 5.26 Å². The van der Waals surface area contributed by atoms with Crippen molar-refractivity contribution >= 4 is 17.8 Å². The molecule has 1 N–H and O–H groups in total. The third-order valence-corrected chi connectivity index (χ3v) is 2.33. The largest absolute Gasteiger partial charge is 0.374 e. The van der Waals surface area contributed by atoms with Gasteiger partial charge in [0.2, 0.25) is 5.91 Å². The molecular weight excluding hydrogens is 228 g/mol. The van der Waals surface area contributed by atoms with E-state index in [0.29, 0.717) is 13.0 Å². The number of rotatable bonds is 5. The fourth-order valence-electron chi connectivity index (χ4n) is 1.36. The molecule has 1 aromatic carbocycles. The van der Waals surface area contributed by atoms with Crippen molar-refractivity contribution in [3.05, 3.63) is 29.8 Å². The number of carbonyl (C=O) groups excluding carboxylic acids is 1. The van der Waals surface area contributed by atoms with Crippen LogP contribution in [0.3, 0.4) is 0 Å². The van der Waals surface area contributed by atoms with E-state index < -0.39 is 0 Å². The van der Waals surface area contributed by atoms with Crippen molar-refractivity contribution in [1.82, 2.24) is 5.43 Å². The third kappa shape index (κ3) is 4.66. The lowest BCUT2D eigenvalue weighted by Gasteiger charge is -2.17. The molecule has 0 bridgehead atoms. The lowest BCUT2D eigenvalue weighted by molar-refractivity contribution is -0.118. The number of nitrogens with one attached hydrogen (secondary N) is 1. The van der Waals surface area contributed by atoms with Gasteiger partial charge in [0, 0.05) is 26.2 Å². The lowest BCUT2D eigenvalue weighted by Crippen LogP contribution is -2.17. The van der Waals surface area contributed by atoms with Gasteiger partial charge in [-0.3, -0.25) is 4.79 Å². The number of nitriles is 1. The first-order valence-electron chi connectivity index (χ1n) is 5.61. The first kappa shape index (κ1) is 13.7. The van der Waals surface area contributed by atoms with E-state index in [-0.39, 0.29) is 5.91 Å². The highest BCUT2D eigenvalue weighted by atomic mass is 16.2. The Balaban J connectivity index is 2.60. The molecule has 0 radical (unpaired) electrons. The Kier molecular flexibility index (Phi) is 5.39. The number of anilines is 1. The molecule has 0 aliphatic rings. The van der Waals surface area contributed by atoms with E-state index in [1.54, 1.807) is 6.21 Å². The van der Waals surface area contributed by atoms with E-state index in [9.17, 15) is 4.79 Å². The minimum absolute atomic E-state index is 0.195. The van der Waals surface area contributed by atoms with Crippen LogP contribution in [0.15, 0.2) is 29.4 Å². The lowest BCUT2D eigenvalue weighted by atomic mass is 10.2. The van der Waals surface area contributed by atoms with Crippen molar-refractivity contribution in [2.45, 2.75) is 13.3 Å². The normalized spacial score (nSPS) is 10.1. The smallest absolute Gasteiger partial charge is 0.236 e. The average molecular weight is 244 g/mol. The second-order valence-corrected chi connectivity index (χ2v) is 3.85. The highest BCUT2D eigenvalue weighted by Crippen LogP contribution is 2.13. The summed E-state index contributed by atoms with van der Waals surface area (Å²) >= 11 is 0. The van der Waals surface area contributed by atoms with Crippen LogP contribution in [0, 0.1) is 11.3 Å². The number of hydrogen-bond acceptors (Lipinski definition) is 4. The van der Waals surface area contributed by atoms with E-state index in [1.165, 1.54) is 6.92 Å². The Morgan fingerprint density at radius 2 is 2.17 bits per heavy atom. The second-order valence-electron chi connectivity index (χ2n) is 3.85. The molecule has 18 heavy (non-hydrogen) atoms. The van der Waals surface area contributed by atoms with Gasteiger partial charge in [0.05, 0.1) is 18.7 Å². The summed E-state index contributed by atoms with van der Waals surface area (Å²) in [5, 5.41) is 12.3. The number of nitrogens with zero attached hydrogens (tertiary/aromatic N) is 3. The van der Waals surface area contributed by atoms with Gasteiger partial charge >= 0.3 is 0 Å². The molecule has 0 fully saturated rings. The predicted molar refractivity (Wildman–Crippen MR) is 71.4 cm³/mol. The number of benzene rings is 1.